The van der Waals surface area contributed by atoms with Crippen molar-refractivity contribution in [2.24, 2.45) is 5.84 Å². The van der Waals surface area contributed by atoms with E-state index in [0.29, 0.717) is 0 Å². The van der Waals surface area contributed by atoms with Crippen LogP contribution in [0.1, 0.15) is 25.7 Å². The third-order valence-electron chi connectivity index (χ3n) is 3.30. The largest absolute Gasteiger partial charge is 0.318 e. The number of para-hydroxylation sites is 1. The van der Waals surface area contributed by atoms with Gasteiger partial charge in [-0.2, -0.15) is 0 Å². The summed E-state index contributed by atoms with van der Waals surface area (Å²) < 4.78 is 27.1. The first-order chi connectivity index (χ1) is 9.45. The molecule has 0 aliphatic heterocycles. The van der Waals surface area contributed by atoms with Gasteiger partial charge < -0.3 is 5.43 Å². The van der Waals surface area contributed by atoms with E-state index in [0.717, 1.165) is 25.7 Å². The molecule has 0 bridgehead atoms. The number of hydrogen-bond acceptors (Lipinski definition) is 6. The van der Waals surface area contributed by atoms with E-state index in [1.807, 2.05) is 0 Å². The maximum Gasteiger partial charge on any atom is 0.313 e. The first kappa shape index (κ1) is 14.7. The maximum absolute atomic E-state index is 12.3. The van der Waals surface area contributed by atoms with Crippen LogP contribution in [0.3, 0.4) is 0 Å². The molecule has 1 aromatic carbocycles. The highest BCUT2D eigenvalue weighted by Crippen LogP contribution is 2.32. The molecule has 8 nitrogen and oxygen atoms in total. The number of anilines is 1. The molecule has 2 rings (SSSR count). The monoisotopic (exact) mass is 300 g/mol. The van der Waals surface area contributed by atoms with Crippen molar-refractivity contribution in [1.82, 2.24) is 4.72 Å². The van der Waals surface area contributed by atoms with E-state index >= 15 is 0 Å². The molecule has 110 valence electrons. The fourth-order valence-corrected chi connectivity index (χ4v) is 3.87. The van der Waals surface area contributed by atoms with Gasteiger partial charge in [-0.15, -0.1) is 0 Å². The van der Waals surface area contributed by atoms with Crippen molar-refractivity contribution in [3.05, 3.63) is 28.3 Å². The number of sulfonamides is 1. The van der Waals surface area contributed by atoms with Crippen molar-refractivity contribution in [3.8, 4) is 0 Å². The van der Waals surface area contributed by atoms with Crippen molar-refractivity contribution in [2.45, 2.75) is 36.6 Å². The smallest absolute Gasteiger partial charge is 0.313 e. The average Bonchev–Trinajstić information content (AvgIpc) is 2.89. The quantitative estimate of drug-likeness (QED) is 0.424. The molecule has 0 unspecified atom stereocenters. The summed E-state index contributed by atoms with van der Waals surface area (Å²) in [6, 6.07) is 3.81. The summed E-state index contributed by atoms with van der Waals surface area (Å²) in [4.78, 5) is 9.98. The summed E-state index contributed by atoms with van der Waals surface area (Å²) in [5.74, 6) is 5.19. The molecule has 0 amide bonds. The summed E-state index contributed by atoms with van der Waals surface area (Å²) in [6.07, 6.45) is 3.42. The second-order valence-corrected chi connectivity index (χ2v) is 6.34. The fourth-order valence-electron chi connectivity index (χ4n) is 2.37. The van der Waals surface area contributed by atoms with Crippen LogP contribution in [0.25, 0.3) is 0 Å². The van der Waals surface area contributed by atoms with Gasteiger partial charge in [0.2, 0.25) is 10.0 Å². The zero-order valence-corrected chi connectivity index (χ0v) is 11.5. The molecule has 0 spiro atoms. The zero-order chi connectivity index (χ0) is 14.8. The van der Waals surface area contributed by atoms with Gasteiger partial charge in [0.15, 0.2) is 4.90 Å². The number of benzene rings is 1. The van der Waals surface area contributed by atoms with E-state index in [1.165, 1.54) is 18.2 Å². The van der Waals surface area contributed by atoms with Gasteiger partial charge in [-0.3, -0.25) is 16.0 Å². The fraction of sp³-hybridized carbons (Fsp3) is 0.455. The minimum Gasteiger partial charge on any atom is -0.318 e. The molecular weight excluding hydrogens is 284 g/mol. The van der Waals surface area contributed by atoms with Gasteiger partial charge in [-0.25, -0.2) is 13.1 Å². The number of nitrogens with one attached hydrogen (secondary N) is 2. The Labute approximate surface area is 116 Å². The predicted molar refractivity (Wildman–Crippen MR) is 73.5 cm³/mol. The summed E-state index contributed by atoms with van der Waals surface area (Å²) >= 11 is 0. The molecule has 1 aliphatic rings. The van der Waals surface area contributed by atoms with Crippen LogP contribution in [0, 0.1) is 10.1 Å². The maximum atomic E-state index is 12.3. The van der Waals surface area contributed by atoms with Gasteiger partial charge in [0.05, 0.1) is 4.92 Å². The van der Waals surface area contributed by atoms with Crippen molar-refractivity contribution in [3.63, 3.8) is 0 Å². The Balaban J connectivity index is 2.42. The lowest BCUT2D eigenvalue weighted by Crippen LogP contribution is -2.33. The summed E-state index contributed by atoms with van der Waals surface area (Å²) in [5.41, 5.74) is 1.57. The number of nitrogens with two attached hydrogens (primary N) is 1. The van der Waals surface area contributed by atoms with E-state index in [4.69, 9.17) is 5.84 Å². The first-order valence-electron chi connectivity index (χ1n) is 6.22. The number of hydrazine groups is 1. The van der Waals surface area contributed by atoms with Gasteiger partial charge >= 0.3 is 5.69 Å². The van der Waals surface area contributed by atoms with Crippen LogP contribution in [-0.2, 0) is 10.0 Å². The Morgan fingerprint density at radius 3 is 2.50 bits per heavy atom. The standard InChI is InChI=1S/C11H16N4O4S/c12-13-9-6-3-7-10(11(9)15(16)17)20(18,19)14-8-4-1-2-5-8/h3,6-8,13-14H,1-2,4-5,12H2. The van der Waals surface area contributed by atoms with Crippen LogP contribution in [0.15, 0.2) is 23.1 Å². The normalized spacial score (nSPS) is 16.2. The molecular formula is C11H16N4O4S. The van der Waals surface area contributed by atoms with Crippen LogP contribution in [-0.4, -0.2) is 19.4 Å². The van der Waals surface area contributed by atoms with Crippen LogP contribution in [0.5, 0.6) is 0 Å². The Bertz CT molecular complexity index is 611. The van der Waals surface area contributed by atoms with Crippen LogP contribution >= 0.6 is 0 Å². The number of nitro benzene ring substituents is 1. The van der Waals surface area contributed by atoms with Gasteiger partial charge in [-0.05, 0) is 25.0 Å². The number of nitrogen functional groups attached to an aromatic ring is 1. The van der Waals surface area contributed by atoms with E-state index in [9.17, 15) is 18.5 Å². The Morgan fingerprint density at radius 1 is 1.30 bits per heavy atom. The van der Waals surface area contributed by atoms with Gasteiger partial charge in [-0.1, -0.05) is 18.9 Å². The molecule has 4 N–H and O–H groups in total. The average molecular weight is 300 g/mol. The van der Waals surface area contributed by atoms with Crippen molar-refractivity contribution in [1.29, 1.82) is 0 Å². The molecule has 9 heteroatoms. The number of rotatable bonds is 5. The van der Waals surface area contributed by atoms with E-state index in [-0.39, 0.29) is 16.6 Å². The molecule has 0 aromatic heterocycles. The van der Waals surface area contributed by atoms with Crippen molar-refractivity contribution in [2.75, 3.05) is 5.43 Å². The lowest BCUT2D eigenvalue weighted by Gasteiger charge is -2.13. The Morgan fingerprint density at radius 2 is 1.95 bits per heavy atom. The van der Waals surface area contributed by atoms with Crippen LogP contribution < -0.4 is 16.0 Å². The Hall–Kier alpha value is -1.71. The molecule has 0 saturated heterocycles. The second kappa shape index (κ2) is 5.73. The highest BCUT2D eigenvalue weighted by Gasteiger charge is 2.31. The minimum atomic E-state index is -3.94. The highest BCUT2D eigenvalue weighted by molar-refractivity contribution is 7.89. The van der Waals surface area contributed by atoms with E-state index in [2.05, 4.69) is 10.1 Å². The summed E-state index contributed by atoms with van der Waals surface area (Å²) in [5, 5.41) is 11.1. The SMILES string of the molecule is NNc1cccc(S(=O)(=O)NC2CCCC2)c1[N+](=O)[O-]. The lowest BCUT2D eigenvalue weighted by molar-refractivity contribution is -0.386. The van der Waals surface area contributed by atoms with E-state index in [1.54, 1.807) is 0 Å². The molecule has 20 heavy (non-hydrogen) atoms. The van der Waals surface area contributed by atoms with Crippen LogP contribution in [0.2, 0.25) is 0 Å². The second-order valence-electron chi connectivity index (χ2n) is 4.66. The lowest BCUT2D eigenvalue weighted by atomic mass is 10.3. The zero-order valence-electron chi connectivity index (χ0n) is 10.7. The van der Waals surface area contributed by atoms with Gasteiger partial charge in [0, 0.05) is 6.04 Å². The summed E-state index contributed by atoms with van der Waals surface area (Å²) in [7, 11) is -3.94. The molecule has 1 aromatic rings. The summed E-state index contributed by atoms with van der Waals surface area (Å²) in [6.45, 7) is 0. The predicted octanol–water partition coefficient (Wildman–Crippen LogP) is 1.10. The molecule has 1 aliphatic carbocycles. The molecule has 0 heterocycles. The third-order valence-corrected chi connectivity index (χ3v) is 4.86. The topological polar surface area (TPSA) is 127 Å². The first-order valence-corrected chi connectivity index (χ1v) is 7.70. The van der Waals surface area contributed by atoms with Crippen molar-refractivity contribution < 1.29 is 13.3 Å². The van der Waals surface area contributed by atoms with Gasteiger partial charge in [0.1, 0.15) is 5.69 Å². The Kier molecular flexibility index (Phi) is 4.21. The highest BCUT2D eigenvalue weighted by atomic mass is 32.2. The molecule has 0 atom stereocenters. The van der Waals surface area contributed by atoms with Gasteiger partial charge in [0.25, 0.3) is 0 Å². The third kappa shape index (κ3) is 2.89. The van der Waals surface area contributed by atoms with Crippen molar-refractivity contribution >= 4 is 21.4 Å². The molecule has 1 fully saturated rings. The number of hydrogen-bond donors (Lipinski definition) is 3. The van der Waals surface area contributed by atoms with E-state index < -0.39 is 20.6 Å². The number of nitro groups is 1. The minimum absolute atomic E-state index is 0.0377. The molecule has 0 radical (unpaired) electrons. The number of nitrogens with zero attached hydrogens (tertiary/aromatic N) is 1. The molecule has 1 saturated carbocycles. The van der Waals surface area contributed by atoms with Crippen LogP contribution in [0.4, 0.5) is 11.4 Å².